The SMILES string of the molecule is CN(CC(=O)NC(C)(C)C)C(=O)C1(N)CCCC1.Cl. The summed E-state index contributed by atoms with van der Waals surface area (Å²) in [6, 6.07) is 0. The lowest BCUT2D eigenvalue weighted by Gasteiger charge is -2.29. The summed E-state index contributed by atoms with van der Waals surface area (Å²) in [6.07, 6.45) is 3.42. The number of hydrogen-bond donors (Lipinski definition) is 2. The quantitative estimate of drug-likeness (QED) is 0.816. The molecule has 1 saturated carbocycles. The van der Waals surface area contributed by atoms with Crippen LogP contribution in [0.3, 0.4) is 0 Å². The van der Waals surface area contributed by atoms with Crippen LogP contribution in [-0.2, 0) is 9.59 Å². The number of likely N-dealkylation sites (N-methyl/N-ethyl adjacent to an activating group) is 1. The summed E-state index contributed by atoms with van der Waals surface area (Å²) >= 11 is 0. The summed E-state index contributed by atoms with van der Waals surface area (Å²) in [5, 5.41) is 2.83. The molecule has 19 heavy (non-hydrogen) atoms. The molecule has 0 aliphatic heterocycles. The van der Waals surface area contributed by atoms with E-state index in [1.165, 1.54) is 4.90 Å². The Hall–Kier alpha value is -0.810. The van der Waals surface area contributed by atoms with Crippen molar-refractivity contribution >= 4 is 24.2 Å². The van der Waals surface area contributed by atoms with Crippen molar-refractivity contribution in [1.29, 1.82) is 0 Å². The van der Waals surface area contributed by atoms with Crippen molar-refractivity contribution in [2.45, 2.75) is 57.5 Å². The topological polar surface area (TPSA) is 75.4 Å². The van der Waals surface area contributed by atoms with Crippen molar-refractivity contribution in [3.63, 3.8) is 0 Å². The normalized spacial score (nSPS) is 17.5. The van der Waals surface area contributed by atoms with E-state index in [2.05, 4.69) is 5.32 Å². The smallest absolute Gasteiger partial charge is 0.242 e. The maximum Gasteiger partial charge on any atom is 0.242 e. The van der Waals surface area contributed by atoms with Gasteiger partial charge in [-0.05, 0) is 33.6 Å². The van der Waals surface area contributed by atoms with Crippen LogP contribution in [0.25, 0.3) is 0 Å². The molecule has 2 amide bonds. The van der Waals surface area contributed by atoms with Crippen LogP contribution >= 0.6 is 12.4 Å². The minimum atomic E-state index is -0.753. The van der Waals surface area contributed by atoms with Crippen LogP contribution < -0.4 is 11.1 Å². The van der Waals surface area contributed by atoms with E-state index in [-0.39, 0.29) is 36.3 Å². The van der Waals surface area contributed by atoms with E-state index >= 15 is 0 Å². The van der Waals surface area contributed by atoms with Crippen molar-refractivity contribution < 1.29 is 9.59 Å². The standard InChI is InChI=1S/C13H25N3O2.ClH/c1-12(2,3)15-10(17)9-16(4)11(18)13(14)7-5-6-8-13;/h5-9,14H2,1-4H3,(H,15,17);1H. The maximum atomic E-state index is 12.2. The summed E-state index contributed by atoms with van der Waals surface area (Å²) in [5.74, 6) is -0.274. The molecule has 0 heterocycles. The largest absolute Gasteiger partial charge is 0.350 e. The molecule has 0 saturated heterocycles. The van der Waals surface area contributed by atoms with E-state index in [9.17, 15) is 9.59 Å². The van der Waals surface area contributed by atoms with Crippen molar-refractivity contribution in [3.8, 4) is 0 Å². The summed E-state index contributed by atoms with van der Waals surface area (Å²) in [4.78, 5) is 25.4. The molecule has 1 rings (SSSR count). The number of carbonyl (C=O) groups excluding carboxylic acids is 2. The van der Waals surface area contributed by atoms with Crippen LogP contribution in [0.5, 0.6) is 0 Å². The second kappa shape index (κ2) is 6.57. The van der Waals surface area contributed by atoms with Gasteiger partial charge in [-0.1, -0.05) is 12.8 Å². The molecule has 0 radical (unpaired) electrons. The molecule has 1 fully saturated rings. The van der Waals surface area contributed by atoms with Crippen LogP contribution in [0.2, 0.25) is 0 Å². The van der Waals surface area contributed by atoms with E-state index in [0.29, 0.717) is 0 Å². The molecule has 112 valence electrons. The average molecular weight is 292 g/mol. The fraction of sp³-hybridized carbons (Fsp3) is 0.846. The lowest BCUT2D eigenvalue weighted by Crippen LogP contribution is -2.55. The lowest BCUT2D eigenvalue weighted by atomic mass is 9.97. The molecule has 3 N–H and O–H groups in total. The number of rotatable bonds is 3. The number of hydrogen-bond acceptors (Lipinski definition) is 3. The Balaban J connectivity index is 0.00000324. The molecular formula is C13H26ClN3O2. The Morgan fingerprint density at radius 1 is 1.26 bits per heavy atom. The van der Waals surface area contributed by atoms with Crippen LogP contribution in [0, 0.1) is 0 Å². The first-order chi connectivity index (χ1) is 8.14. The zero-order valence-corrected chi connectivity index (χ0v) is 13.1. The number of halogens is 1. The van der Waals surface area contributed by atoms with Crippen LogP contribution in [0.1, 0.15) is 46.5 Å². The first-order valence-electron chi connectivity index (χ1n) is 6.49. The van der Waals surface area contributed by atoms with Crippen LogP contribution in [-0.4, -0.2) is 41.4 Å². The highest BCUT2D eigenvalue weighted by Crippen LogP contribution is 2.28. The Morgan fingerprint density at radius 3 is 2.16 bits per heavy atom. The highest BCUT2D eigenvalue weighted by Gasteiger charge is 2.39. The minimum Gasteiger partial charge on any atom is -0.350 e. The fourth-order valence-electron chi connectivity index (χ4n) is 2.34. The summed E-state index contributed by atoms with van der Waals surface area (Å²) < 4.78 is 0. The molecule has 1 aliphatic carbocycles. The van der Waals surface area contributed by atoms with E-state index < -0.39 is 5.54 Å². The number of carbonyl (C=O) groups is 2. The Kier molecular flexibility index (Phi) is 6.29. The third-order valence-electron chi connectivity index (χ3n) is 3.16. The molecule has 5 nitrogen and oxygen atoms in total. The third-order valence-corrected chi connectivity index (χ3v) is 3.16. The van der Waals surface area contributed by atoms with Gasteiger partial charge in [-0.25, -0.2) is 0 Å². The molecule has 1 aliphatic rings. The van der Waals surface area contributed by atoms with Crippen LogP contribution in [0.15, 0.2) is 0 Å². The number of nitrogens with two attached hydrogens (primary N) is 1. The number of amides is 2. The molecule has 0 aromatic heterocycles. The van der Waals surface area contributed by atoms with Crippen molar-refractivity contribution in [3.05, 3.63) is 0 Å². The summed E-state index contributed by atoms with van der Waals surface area (Å²) in [7, 11) is 1.64. The molecule has 0 unspecified atom stereocenters. The van der Waals surface area contributed by atoms with Gasteiger partial charge in [0.1, 0.15) is 0 Å². The predicted octanol–water partition coefficient (Wildman–Crippen LogP) is 1.05. The Bertz CT molecular complexity index is 333. The maximum absolute atomic E-state index is 12.2. The third kappa shape index (κ3) is 5.37. The van der Waals surface area contributed by atoms with Gasteiger partial charge < -0.3 is 16.0 Å². The summed E-state index contributed by atoms with van der Waals surface area (Å²) in [6.45, 7) is 5.80. The van der Waals surface area contributed by atoms with Crippen molar-refractivity contribution in [2.24, 2.45) is 5.73 Å². The van der Waals surface area contributed by atoms with Gasteiger partial charge in [-0.3, -0.25) is 9.59 Å². The van der Waals surface area contributed by atoms with E-state index in [1.807, 2.05) is 20.8 Å². The molecule has 0 aromatic carbocycles. The van der Waals surface area contributed by atoms with Gasteiger partial charge in [0.05, 0.1) is 12.1 Å². The molecule has 6 heteroatoms. The molecule has 0 aromatic rings. The summed E-state index contributed by atoms with van der Waals surface area (Å²) in [5.41, 5.74) is 5.05. The predicted molar refractivity (Wildman–Crippen MR) is 78.2 cm³/mol. The van der Waals surface area contributed by atoms with Crippen molar-refractivity contribution in [2.75, 3.05) is 13.6 Å². The van der Waals surface area contributed by atoms with Gasteiger partial charge in [0.2, 0.25) is 11.8 Å². The van der Waals surface area contributed by atoms with E-state index in [0.717, 1.165) is 25.7 Å². The average Bonchev–Trinajstić information content (AvgIpc) is 2.62. The van der Waals surface area contributed by atoms with E-state index in [1.54, 1.807) is 7.05 Å². The first-order valence-corrected chi connectivity index (χ1v) is 6.49. The molecule has 0 spiro atoms. The Morgan fingerprint density at radius 2 is 1.74 bits per heavy atom. The zero-order chi connectivity index (χ0) is 14.0. The lowest BCUT2D eigenvalue weighted by molar-refractivity contribution is -0.139. The van der Waals surface area contributed by atoms with Gasteiger partial charge >= 0.3 is 0 Å². The second-order valence-electron chi connectivity index (χ2n) is 6.32. The second-order valence-corrected chi connectivity index (χ2v) is 6.32. The van der Waals surface area contributed by atoms with Crippen molar-refractivity contribution in [1.82, 2.24) is 10.2 Å². The van der Waals surface area contributed by atoms with Gasteiger partial charge in [-0.15, -0.1) is 12.4 Å². The first kappa shape index (κ1) is 18.2. The fourth-order valence-corrected chi connectivity index (χ4v) is 2.34. The highest BCUT2D eigenvalue weighted by atomic mass is 35.5. The number of nitrogens with one attached hydrogen (secondary N) is 1. The van der Waals surface area contributed by atoms with Gasteiger partial charge in [0.15, 0.2) is 0 Å². The number of nitrogens with zero attached hydrogens (tertiary/aromatic N) is 1. The van der Waals surface area contributed by atoms with Gasteiger partial charge in [-0.2, -0.15) is 0 Å². The molecular weight excluding hydrogens is 266 g/mol. The van der Waals surface area contributed by atoms with E-state index in [4.69, 9.17) is 5.73 Å². The zero-order valence-electron chi connectivity index (χ0n) is 12.3. The monoisotopic (exact) mass is 291 g/mol. The Labute approximate surface area is 121 Å². The minimum absolute atomic E-state index is 0. The highest BCUT2D eigenvalue weighted by molar-refractivity contribution is 5.90. The van der Waals surface area contributed by atoms with Crippen LogP contribution in [0.4, 0.5) is 0 Å². The molecule has 0 atom stereocenters. The van der Waals surface area contributed by atoms with Gasteiger partial charge in [0.25, 0.3) is 0 Å². The molecule has 0 bridgehead atoms. The van der Waals surface area contributed by atoms with Gasteiger partial charge in [0, 0.05) is 12.6 Å².